The molecule has 4 aromatic heterocycles. The Morgan fingerprint density at radius 2 is 2.06 bits per heavy atom. The van der Waals surface area contributed by atoms with Crippen molar-refractivity contribution in [2.24, 2.45) is 13.0 Å². The maximum absolute atomic E-state index is 12.9. The van der Waals surface area contributed by atoms with Crippen LogP contribution in [0, 0.1) is 17.2 Å². The first-order valence-electron chi connectivity index (χ1n) is 11.3. The molecule has 0 atom stereocenters. The number of halogens is 1. The third kappa shape index (κ3) is 3.98. The van der Waals surface area contributed by atoms with Gasteiger partial charge in [0.2, 0.25) is 0 Å². The summed E-state index contributed by atoms with van der Waals surface area (Å²) in [6, 6.07) is 11.3. The molecule has 5 aromatic rings. The first kappa shape index (κ1) is 23.5. The molecule has 10 nitrogen and oxygen atoms in total. The van der Waals surface area contributed by atoms with E-state index in [2.05, 4.69) is 21.5 Å². The number of aryl methyl sites for hydroxylation is 1. The monoisotopic (exact) mass is 502 g/mol. The predicted molar refractivity (Wildman–Crippen MR) is 137 cm³/mol. The predicted octanol–water partition coefficient (Wildman–Crippen LogP) is 4.18. The minimum atomic E-state index is -0.519. The van der Waals surface area contributed by atoms with Crippen LogP contribution < -0.4 is 11.2 Å². The molecule has 2 N–H and O–H groups in total. The number of pyridine rings is 1. The van der Waals surface area contributed by atoms with Gasteiger partial charge in [-0.1, -0.05) is 25.4 Å². The van der Waals surface area contributed by atoms with E-state index in [1.807, 2.05) is 43.7 Å². The number of aromatic nitrogens is 6. The number of benzene rings is 1. The second-order valence-corrected chi connectivity index (χ2v) is 9.47. The molecule has 0 aliphatic carbocycles. The van der Waals surface area contributed by atoms with Crippen LogP contribution in [-0.2, 0) is 20.1 Å². The molecule has 0 fully saturated rings. The Hall–Kier alpha value is -4.20. The van der Waals surface area contributed by atoms with Crippen molar-refractivity contribution >= 4 is 39.4 Å². The van der Waals surface area contributed by atoms with Crippen LogP contribution in [0.1, 0.15) is 25.0 Å². The average Bonchev–Trinajstić information content (AvgIpc) is 3.40. The molecule has 4 heterocycles. The van der Waals surface area contributed by atoms with Gasteiger partial charge in [-0.25, -0.2) is 4.79 Å². The van der Waals surface area contributed by atoms with E-state index < -0.39 is 5.69 Å². The Balaban J connectivity index is 1.85. The Labute approximate surface area is 211 Å². The van der Waals surface area contributed by atoms with Crippen molar-refractivity contribution in [3.63, 3.8) is 0 Å². The maximum atomic E-state index is 12.9. The lowest BCUT2D eigenvalue weighted by Gasteiger charge is -2.12. The second-order valence-electron chi connectivity index (χ2n) is 9.03. The molecule has 0 spiro atoms. The summed E-state index contributed by atoms with van der Waals surface area (Å²) in [5, 5.41) is 26.2. The SMILES string of the molecule is CC(C)Cn1c(=O)nc(NO)c2c(-c3cc(C#N)cn3C)n(Cc3ccnc4ccc(Cl)cc34)nc21. The Bertz CT molecular complexity index is 1720. The smallest absolute Gasteiger partial charge is 0.348 e. The molecule has 0 aliphatic heterocycles. The first-order chi connectivity index (χ1) is 17.3. The third-order valence-corrected chi connectivity index (χ3v) is 6.24. The molecule has 5 rings (SSSR count). The first-order valence-corrected chi connectivity index (χ1v) is 11.7. The lowest BCUT2D eigenvalue weighted by Crippen LogP contribution is -2.26. The number of nitrogens with one attached hydrogen (secondary N) is 1. The van der Waals surface area contributed by atoms with Gasteiger partial charge in [-0.05, 0) is 41.8 Å². The van der Waals surface area contributed by atoms with E-state index in [-0.39, 0.29) is 11.7 Å². The molecule has 0 radical (unpaired) electrons. The van der Waals surface area contributed by atoms with Gasteiger partial charge in [-0.3, -0.25) is 24.9 Å². The van der Waals surface area contributed by atoms with Crippen molar-refractivity contribution in [1.82, 2.24) is 28.9 Å². The van der Waals surface area contributed by atoms with E-state index in [0.717, 1.165) is 16.5 Å². The Morgan fingerprint density at radius 3 is 2.75 bits per heavy atom. The summed E-state index contributed by atoms with van der Waals surface area (Å²) in [5.74, 6) is 0.152. The van der Waals surface area contributed by atoms with Crippen molar-refractivity contribution in [3.05, 3.63) is 69.4 Å². The quantitative estimate of drug-likeness (QED) is 0.333. The summed E-state index contributed by atoms with van der Waals surface area (Å²) in [7, 11) is 1.82. The second kappa shape index (κ2) is 9.11. The van der Waals surface area contributed by atoms with Crippen molar-refractivity contribution in [2.75, 3.05) is 5.48 Å². The highest BCUT2D eigenvalue weighted by Gasteiger charge is 2.25. The molecule has 0 saturated carbocycles. The van der Waals surface area contributed by atoms with Gasteiger partial charge in [0.25, 0.3) is 0 Å². The van der Waals surface area contributed by atoms with Crippen molar-refractivity contribution in [2.45, 2.75) is 26.9 Å². The molecule has 0 amide bonds. The maximum Gasteiger partial charge on any atom is 0.351 e. The lowest BCUT2D eigenvalue weighted by molar-refractivity contribution is 0.386. The third-order valence-electron chi connectivity index (χ3n) is 6.01. The van der Waals surface area contributed by atoms with Crippen LogP contribution in [-0.4, -0.2) is 34.1 Å². The Kier molecular flexibility index (Phi) is 5.96. The van der Waals surface area contributed by atoms with Crippen LogP contribution in [0.15, 0.2) is 47.5 Å². The highest BCUT2D eigenvalue weighted by molar-refractivity contribution is 6.31. The van der Waals surface area contributed by atoms with E-state index in [9.17, 15) is 15.3 Å². The number of anilines is 1. The van der Waals surface area contributed by atoms with Crippen molar-refractivity contribution < 1.29 is 5.21 Å². The average molecular weight is 503 g/mol. The lowest BCUT2D eigenvalue weighted by atomic mass is 10.1. The molecular weight excluding hydrogens is 480 g/mol. The van der Waals surface area contributed by atoms with Crippen LogP contribution >= 0.6 is 11.6 Å². The minimum absolute atomic E-state index is 0.00130. The van der Waals surface area contributed by atoms with Gasteiger partial charge in [0.15, 0.2) is 11.5 Å². The fourth-order valence-electron chi connectivity index (χ4n) is 4.48. The molecule has 11 heteroatoms. The molecule has 0 bridgehead atoms. The van der Waals surface area contributed by atoms with Crippen molar-refractivity contribution in [1.29, 1.82) is 5.26 Å². The van der Waals surface area contributed by atoms with Gasteiger partial charge < -0.3 is 4.57 Å². The van der Waals surface area contributed by atoms with Gasteiger partial charge in [0, 0.05) is 36.4 Å². The van der Waals surface area contributed by atoms with Crippen molar-refractivity contribution in [3.8, 4) is 17.5 Å². The summed E-state index contributed by atoms with van der Waals surface area (Å²) >= 11 is 6.28. The minimum Gasteiger partial charge on any atom is -0.348 e. The van der Waals surface area contributed by atoms with E-state index in [0.29, 0.717) is 46.1 Å². The molecule has 0 aliphatic rings. The fraction of sp³-hybridized carbons (Fsp3) is 0.240. The van der Waals surface area contributed by atoms with Gasteiger partial charge >= 0.3 is 5.69 Å². The topological polar surface area (TPSA) is 127 Å². The number of hydrogen-bond donors (Lipinski definition) is 2. The number of nitrogens with zero attached hydrogens (tertiary/aromatic N) is 7. The summed E-state index contributed by atoms with van der Waals surface area (Å²) in [4.78, 5) is 21.4. The number of fused-ring (bicyclic) bond motifs is 2. The zero-order chi connectivity index (χ0) is 25.6. The molecule has 36 heavy (non-hydrogen) atoms. The largest absolute Gasteiger partial charge is 0.351 e. The Morgan fingerprint density at radius 1 is 1.25 bits per heavy atom. The van der Waals surface area contributed by atoms with E-state index in [1.165, 1.54) is 4.57 Å². The van der Waals surface area contributed by atoms with E-state index in [1.54, 1.807) is 29.2 Å². The summed E-state index contributed by atoms with van der Waals surface area (Å²) < 4.78 is 5.08. The fourth-order valence-corrected chi connectivity index (χ4v) is 4.65. The van der Waals surface area contributed by atoms with Crippen LogP contribution in [0.2, 0.25) is 5.02 Å². The summed E-state index contributed by atoms with van der Waals surface area (Å²) in [5.41, 5.74) is 5.39. The van der Waals surface area contributed by atoms with Gasteiger partial charge in [-0.15, -0.1) is 0 Å². The summed E-state index contributed by atoms with van der Waals surface area (Å²) in [6.45, 7) is 4.71. The normalized spacial score (nSPS) is 11.5. The molecule has 0 unspecified atom stereocenters. The molecule has 0 saturated heterocycles. The van der Waals surface area contributed by atoms with Crippen LogP contribution in [0.3, 0.4) is 0 Å². The molecule has 1 aromatic carbocycles. The zero-order valence-corrected chi connectivity index (χ0v) is 20.7. The molecule has 182 valence electrons. The standard InChI is InChI=1S/C25H23ClN8O2/c1-14(2)11-33-24-21(23(31-36)29-25(33)35)22(20-8-15(10-27)12-32(20)3)34(30-24)13-16-6-7-28-19-5-4-17(26)9-18(16)19/h4-9,12,14,36H,11,13H2,1-3H3,(H,29,31,35). The van der Waals surface area contributed by atoms with Gasteiger partial charge in [-0.2, -0.15) is 15.3 Å². The molecular formula is C25H23ClN8O2. The van der Waals surface area contributed by atoms with Crippen LogP contribution in [0.4, 0.5) is 5.82 Å². The highest BCUT2D eigenvalue weighted by atomic mass is 35.5. The number of rotatable bonds is 6. The zero-order valence-electron chi connectivity index (χ0n) is 19.9. The van der Waals surface area contributed by atoms with Crippen LogP contribution in [0.25, 0.3) is 33.3 Å². The van der Waals surface area contributed by atoms with E-state index in [4.69, 9.17) is 16.7 Å². The van der Waals surface area contributed by atoms with Gasteiger partial charge in [0.1, 0.15) is 6.07 Å². The highest BCUT2D eigenvalue weighted by Crippen LogP contribution is 2.34. The number of hydrogen-bond acceptors (Lipinski definition) is 7. The number of nitriles is 1. The summed E-state index contributed by atoms with van der Waals surface area (Å²) in [6.07, 6.45) is 3.44. The van der Waals surface area contributed by atoms with Gasteiger partial charge in [0.05, 0.1) is 34.4 Å². The van der Waals surface area contributed by atoms with E-state index >= 15 is 0 Å². The van der Waals surface area contributed by atoms with Crippen LogP contribution in [0.5, 0.6) is 0 Å².